The van der Waals surface area contributed by atoms with Gasteiger partial charge < -0.3 is 5.32 Å². The number of aromatic nitrogens is 3. The second kappa shape index (κ2) is 9.18. The molecular weight excluding hydrogens is 406 g/mol. The molecule has 1 atom stereocenters. The summed E-state index contributed by atoms with van der Waals surface area (Å²) < 4.78 is 1.42. The number of carbonyl (C=O) groups is 1. The van der Waals surface area contributed by atoms with Crippen LogP contribution in [0.4, 0.5) is 0 Å². The summed E-state index contributed by atoms with van der Waals surface area (Å²) in [5, 5.41) is 12.0. The van der Waals surface area contributed by atoms with Crippen molar-refractivity contribution in [1.29, 1.82) is 5.26 Å². The molecule has 1 aromatic carbocycles. The van der Waals surface area contributed by atoms with E-state index in [1.54, 1.807) is 30.3 Å². The second-order valence-corrected chi connectivity index (χ2v) is 8.64. The standard InChI is InChI=1S/C24H27N5O3/c1-13(2)12-29-21-20(23(31)28-24(29)32)18(10-19(27-21)14(3)4)22(30)26-15(5)17-8-6-16(11-25)7-9-17/h6-10,13-15H,12H2,1-5H3,(H,26,30)(H,28,31,32)/t15-/m0/s1. The van der Waals surface area contributed by atoms with Gasteiger partial charge in [0.2, 0.25) is 0 Å². The third kappa shape index (κ3) is 4.62. The van der Waals surface area contributed by atoms with Crippen molar-refractivity contribution in [3.05, 3.63) is 73.6 Å². The average molecular weight is 434 g/mol. The van der Waals surface area contributed by atoms with Crippen molar-refractivity contribution < 1.29 is 4.79 Å². The monoisotopic (exact) mass is 433 g/mol. The highest BCUT2D eigenvalue weighted by Gasteiger charge is 2.22. The molecule has 0 aliphatic carbocycles. The van der Waals surface area contributed by atoms with Gasteiger partial charge in [-0.2, -0.15) is 5.26 Å². The van der Waals surface area contributed by atoms with E-state index < -0.39 is 17.2 Å². The fourth-order valence-electron chi connectivity index (χ4n) is 3.51. The third-order valence-electron chi connectivity index (χ3n) is 5.24. The Morgan fingerprint density at radius 1 is 1.16 bits per heavy atom. The topological polar surface area (TPSA) is 121 Å². The van der Waals surface area contributed by atoms with Crippen molar-refractivity contribution in [3.63, 3.8) is 0 Å². The Bertz CT molecular complexity index is 1310. The summed E-state index contributed by atoms with van der Waals surface area (Å²) in [5.41, 5.74) is 1.20. The van der Waals surface area contributed by atoms with Crippen molar-refractivity contribution in [2.45, 2.75) is 53.1 Å². The molecule has 2 heterocycles. The van der Waals surface area contributed by atoms with E-state index in [9.17, 15) is 14.4 Å². The summed E-state index contributed by atoms with van der Waals surface area (Å²) in [6.45, 7) is 9.99. The molecule has 0 fully saturated rings. The number of H-pyrrole nitrogens is 1. The van der Waals surface area contributed by atoms with Crippen LogP contribution < -0.4 is 16.6 Å². The Hall–Kier alpha value is -3.73. The van der Waals surface area contributed by atoms with Crippen LogP contribution in [-0.2, 0) is 6.54 Å². The zero-order valence-electron chi connectivity index (χ0n) is 18.9. The number of hydrogen-bond donors (Lipinski definition) is 2. The van der Waals surface area contributed by atoms with Crippen LogP contribution in [0.1, 0.15) is 73.8 Å². The largest absolute Gasteiger partial charge is 0.345 e. The minimum Gasteiger partial charge on any atom is -0.345 e. The van der Waals surface area contributed by atoms with Gasteiger partial charge in [-0.3, -0.25) is 19.1 Å². The average Bonchev–Trinajstić information content (AvgIpc) is 2.75. The fraction of sp³-hybridized carbons (Fsp3) is 0.375. The van der Waals surface area contributed by atoms with Crippen molar-refractivity contribution in [3.8, 4) is 6.07 Å². The molecule has 0 spiro atoms. The van der Waals surface area contributed by atoms with Gasteiger partial charge in [-0.25, -0.2) is 9.78 Å². The predicted octanol–water partition coefficient (Wildman–Crippen LogP) is 3.23. The summed E-state index contributed by atoms with van der Waals surface area (Å²) in [7, 11) is 0. The van der Waals surface area contributed by atoms with E-state index in [4.69, 9.17) is 5.26 Å². The number of nitriles is 1. The van der Waals surface area contributed by atoms with Crippen molar-refractivity contribution in [1.82, 2.24) is 19.9 Å². The Labute approximate surface area is 185 Å². The number of rotatable bonds is 6. The Morgan fingerprint density at radius 3 is 2.38 bits per heavy atom. The van der Waals surface area contributed by atoms with Gasteiger partial charge in [0.15, 0.2) is 5.65 Å². The predicted molar refractivity (Wildman–Crippen MR) is 123 cm³/mol. The maximum atomic E-state index is 13.3. The molecule has 1 amide bonds. The molecule has 0 aliphatic heterocycles. The van der Waals surface area contributed by atoms with Gasteiger partial charge in [-0.05, 0) is 42.5 Å². The molecular formula is C24H27N5O3. The van der Waals surface area contributed by atoms with Gasteiger partial charge in [0.1, 0.15) is 0 Å². The maximum Gasteiger partial charge on any atom is 0.330 e. The number of nitrogens with zero attached hydrogens (tertiary/aromatic N) is 3. The first-order chi connectivity index (χ1) is 15.1. The summed E-state index contributed by atoms with van der Waals surface area (Å²) in [5.74, 6) is -0.305. The molecule has 3 aromatic rings. The fourth-order valence-corrected chi connectivity index (χ4v) is 3.51. The van der Waals surface area contributed by atoms with E-state index in [1.807, 2.05) is 34.6 Å². The van der Waals surface area contributed by atoms with Gasteiger partial charge >= 0.3 is 5.69 Å². The SMILES string of the molecule is CC(C)Cn1c(=O)[nH]c(=O)c2c(C(=O)N[C@@H](C)c3ccc(C#N)cc3)cc(C(C)C)nc21. The Balaban J connectivity index is 2.13. The normalized spacial score (nSPS) is 12.2. The number of benzene rings is 1. The summed E-state index contributed by atoms with van der Waals surface area (Å²) in [6.07, 6.45) is 0. The molecule has 8 nitrogen and oxygen atoms in total. The summed E-state index contributed by atoms with van der Waals surface area (Å²) in [4.78, 5) is 45.5. The lowest BCUT2D eigenvalue weighted by molar-refractivity contribution is 0.0941. The van der Waals surface area contributed by atoms with Crippen molar-refractivity contribution >= 4 is 16.9 Å². The van der Waals surface area contributed by atoms with Crippen LogP contribution in [0.5, 0.6) is 0 Å². The first-order valence-corrected chi connectivity index (χ1v) is 10.6. The molecule has 166 valence electrons. The third-order valence-corrected chi connectivity index (χ3v) is 5.24. The molecule has 2 N–H and O–H groups in total. The van der Waals surface area contributed by atoms with E-state index in [1.165, 1.54) is 4.57 Å². The highest BCUT2D eigenvalue weighted by Crippen LogP contribution is 2.21. The van der Waals surface area contributed by atoms with Gasteiger partial charge in [0, 0.05) is 12.2 Å². The van der Waals surface area contributed by atoms with Gasteiger partial charge in [0.25, 0.3) is 11.5 Å². The van der Waals surface area contributed by atoms with E-state index in [0.717, 1.165) is 5.56 Å². The highest BCUT2D eigenvalue weighted by atomic mass is 16.2. The minimum absolute atomic E-state index is 0.0104. The molecule has 2 aromatic heterocycles. The number of hydrogen-bond acceptors (Lipinski definition) is 5. The molecule has 32 heavy (non-hydrogen) atoms. The first-order valence-electron chi connectivity index (χ1n) is 10.6. The van der Waals surface area contributed by atoms with Gasteiger partial charge in [0.05, 0.1) is 28.6 Å². The molecule has 0 unspecified atom stereocenters. The molecule has 0 radical (unpaired) electrons. The lowest BCUT2D eigenvalue weighted by Crippen LogP contribution is -2.35. The number of pyridine rings is 1. The van der Waals surface area contributed by atoms with E-state index in [0.29, 0.717) is 17.8 Å². The number of aromatic amines is 1. The van der Waals surface area contributed by atoms with Crippen LogP contribution in [0, 0.1) is 17.2 Å². The Kier molecular flexibility index (Phi) is 6.58. The van der Waals surface area contributed by atoms with Crippen LogP contribution in [-0.4, -0.2) is 20.4 Å². The highest BCUT2D eigenvalue weighted by molar-refractivity contribution is 6.05. The zero-order chi connectivity index (χ0) is 23.6. The summed E-state index contributed by atoms with van der Waals surface area (Å²) in [6, 6.07) is 10.3. The number of amides is 1. The lowest BCUT2D eigenvalue weighted by atomic mass is 10.0. The number of fused-ring (bicyclic) bond motifs is 1. The van der Waals surface area contributed by atoms with E-state index in [-0.39, 0.29) is 34.5 Å². The van der Waals surface area contributed by atoms with Crippen molar-refractivity contribution in [2.75, 3.05) is 0 Å². The second-order valence-electron chi connectivity index (χ2n) is 8.64. The van der Waals surface area contributed by atoms with Gasteiger partial charge in [-0.1, -0.05) is 39.8 Å². The van der Waals surface area contributed by atoms with Gasteiger partial charge in [-0.15, -0.1) is 0 Å². The quantitative estimate of drug-likeness (QED) is 0.618. The van der Waals surface area contributed by atoms with Crippen molar-refractivity contribution in [2.24, 2.45) is 5.92 Å². The number of carbonyl (C=O) groups excluding carboxylic acids is 1. The van der Waals surface area contributed by atoms with Crippen LogP contribution in [0.2, 0.25) is 0 Å². The van der Waals surface area contributed by atoms with Crippen LogP contribution in [0.25, 0.3) is 11.0 Å². The van der Waals surface area contributed by atoms with Crippen LogP contribution in [0.15, 0.2) is 39.9 Å². The molecule has 0 saturated heterocycles. The molecule has 0 saturated carbocycles. The Morgan fingerprint density at radius 2 is 1.81 bits per heavy atom. The molecule has 0 aliphatic rings. The molecule has 0 bridgehead atoms. The van der Waals surface area contributed by atoms with Crippen LogP contribution >= 0.6 is 0 Å². The molecule has 8 heteroatoms. The minimum atomic E-state index is -0.635. The zero-order valence-corrected chi connectivity index (χ0v) is 18.9. The van der Waals surface area contributed by atoms with Crippen LogP contribution in [0.3, 0.4) is 0 Å². The first kappa shape index (κ1) is 22.9. The van der Waals surface area contributed by atoms with E-state index in [2.05, 4.69) is 21.4 Å². The lowest BCUT2D eigenvalue weighted by Gasteiger charge is -2.18. The molecule has 3 rings (SSSR count). The van der Waals surface area contributed by atoms with E-state index >= 15 is 0 Å². The smallest absolute Gasteiger partial charge is 0.330 e. The number of nitrogens with one attached hydrogen (secondary N) is 2. The maximum absolute atomic E-state index is 13.3. The summed E-state index contributed by atoms with van der Waals surface area (Å²) >= 11 is 0.